The van der Waals surface area contributed by atoms with Crippen molar-refractivity contribution in [2.75, 3.05) is 6.61 Å². The highest BCUT2D eigenvalue weighted by Crippen LogP contribution is 2.24. The number of hydrogen-bond donors (Lipinski definition) is 0. The maximum absolute atomic E-state index is 5.88. The van der Waals surface area contributed by atoms with E-state index in [1.165, 1.54) is 27.9 Å². The van der Waals surface area contributed by atoms with Gasteiger partial charge in [-0.15, -0.1) is 0 Å². The van der Waals surface area contributed by atoms with Gasteiger partial charge in [-0.2, -0.15) is 0 Å². The third-order valence-corrected chi connectivity index (χ3v) is 5.73. The molecule has 0 aliphatic carbocycles. The van der Waals surface area contributed by atoms with Crippen molar-refractivity contribution in [3.63, 3.8) is 0 Å². The summed E-state index contributed by atoms with van der Waals surface area (Å²) in [5, 5.41) is 4.94. The van der Waals surface area contributed by atoms with Crippen LogP contribution in [0.5, 0.6) is 0 Å². The average molecular weight is 377 g/mol. The van der Waals surface area contributed by atoms with Crippen LogP contribution >= 0.6 is 0 Å². The van der Waals surface area contributed by atoms with Crippen molar-refractivity contribution in [3.05, 3.63) is 76.9 Å². The minimum atomic E-state index is 0.282. The number of hydrogen-bond acceptors (Lipinski definition) is 2. The van der Waals surface area contributed by atoms with Gasteiger partial charge in [-0.05, 0) is 41.5 Å². The summed E-state index contributed by atoms with van der Waals surface area (Å²) in [5.41, 5.74) is 6.74. The first-order valence-corrected chi connectivity index (χ1v) is 10.5. The van der Waals surface area contributed by atoms with Crippen molar-refractivity contribution in [1.29, 1.82) is 0 Å². The molecule has 4 rings (SSSR count). The van der Waals surface area contributed by atoms with E-state index in [0.717, 1.165) is 38.1 Å². The lowest BCUT2D eigenvalue weighted by atomic mass is 9.98. The summed E-state index contributed by atoms with van der Waals surface area (Å²) in [6, 6.07) is 15.6. The Hall–Kier alpha value is -2.46. The van der Waals surface area contributed by atoms with Crippen LogP contribution in [0, 0.1) is 0 Å². The van der Waals surface area contributed by atoms with Crippen molar-refractivity contribution in [3.8, 4) is 5.69 Å². The molecule has 28 heavy (non-hydrogen) atoms. The van der Waals surface area contributed by atoms with Crippen molar-refractivity contribution < 1.29 is 9.30 Å². The lowest BCUT2D eigenvalue weighted by Crippen LogP contribution is -2.48. The fourth-order valence-electron chi connectivity index (χ4n) is 4.18. The molecule has 0 saturated heterocycles. The number of nitrogens with zero attached hydrogens (tertiary/aromatic N) is 3. The van der Waals surface area contributed by atoms with Crippen molar-refractivity contribution in [2.45, 2.75) is 59.1 Å². The van der Waals surface area contributed by atoms with E-state index in [9.17, 15) is 0 Å². The summed E-state index contributed by atoms with van der Waals surface area (Å²) in [5.74, 6) is 1.01. The zero-order valence-corrected chi connectivity index (χ0v) is 17.2. The number of fused-ring (bicyclic) bond motifs is 1. The van der Waals surface area contributed by atoms with Crippen LogP contribution in [0.4, 0.5) is 0 Å². The zero-order chi connectivity index (χ0) is 19.5. The minimum absolute atomic E-state index is 0.282. The maximum atomic E-state index is 5.88. The Morgan fingerprint density at radius 1 is 1.00 bits per heavy atom. The van der Waals surface area contributed by atoms with Gasteiger partial charge in [-0.25, -0.2) is 4.57 Å². The second kappa shape index (κ2) is 8.27. The van der Waals surface area contributed by atoms with Gasteiger partial charge >= 0.3 is 5.82 Å². The molecule has 1 atom stereocenters. The lowest BCUT2D eigenvalue weighted by Gasteiger charge is -2.19. The molecule has 1 aliphatic heterocycles. The molecule has 146 valence electrons. The highest BCUT2D eigenvalue weighted by atomic mass is 16.5. The molecule has 1 aliphatic rings. The van der Waals surface area contributed by atoms with Crippen molar-refractivity contribution in [1.82, 2.24) is 9.78 Å². The largest absolute Gasteiger partial charge is 0.367 e. The first kappa shape index (κ1) is 18.9. The summed E-state index contributed by atoms with van der Waals surface area (Å²) in [7, 11) is 0. The molecule has 0 N–H and O–H groups in total. The Kier molecular flexibility index (Phi) is 5.58. The summed E-state index contributed by atoms with van der Waals surface area (Å²) in [6.45, 7) is 8.00. The van der Waals surface area contributed by atoms with Crippen LogP contribution in [0.3, 0.4) is 0 Å². The fourth-order valence-corrected chi connectivity index (χ4v) is 4.18. The SMILES string of the molecule is CCc1cc(CC)c(-n2c[n+]3c(n2)COC[C@H]3Cc2ccccc2)c(CC)c1. The number of aromatic nitrogens is 3. The highest BCUT2D eigenvalue weighted by molar-refractivity contribution is 5.50. The van der Waals surface area contributed by atoms with Gasteiger partial charge in [0.2, 0.25) is 6.33 Å². The van der Waals surface area contributed by atoms with Crippen LogP contribution in [-0.2, 0) is 37.0 Å². The molecule has 0 fully saturated rings. The highest BCUT2D eigenvalue weighted by Gasteiger charge is 2.31. The van der Waals surface area contributed by atoms with Gasteiger partial charge in [0.15, 0.2) is 0 Å². The summed E-state index contributed by atoms with van der Waals surface area (Å²) in [4.78, 5) is 0. The van der Waals surface area contributed by atoms with Crippen molar-refractivity contribution >= 4 is 0 Å². The van der Waals surface area contributed by atoms with E-state index in [1.807, 2.05) is 0 Å². The zero-order valence-electron chi connectivity index (χ0n) is 17.2. The quantitative estimate of drug-likeness (QED) is 0.605. The van der Waals surface area contributed by atoms with Crippen LogP contribution in [0.2, 0.25) is 0 Å². The normalized spacial score (nSPS) is 16.2. The first-order valence-electron chi connectivity index (χ1n) is 10.5. The van der Waals surface area contributed by atoms with E-state index in [-0.39, 0.29) is 6.04 Å². The lowest BCUT2D eigenvalue weighted by molar-refractivity contribution is -0.742. The molecule has 2 heterocycles. The van der Waals surface area contributed by atoms with Crippen LogP contribution in [-0.4, -0.2) is 16.4 Å². The monoisotopic (exact) mass is 376 g/mol. The van der Waals surface area contributed by atoms with E-state index in [4.69, 9.17) is 9.84 Å². The van der Waals surface area contributed by atoms with Crippen molar-refractivity contribution in [2.24, 2.45) is 0 Å². The molecule has 0 spiro atoms. The molecule has 4 nitrogen and oxygen atoms in total. The van der Waals surface area contributed by atoms with Gasteiger partial charge in [-0.1, -0.05) is 67.9 Å². The summed E-state index contributed by atoms with van der Waals surface area (Å²) >= 11 is 0. The topological polar surface area (TPSA) is 30.9 Å². The van der Waals surface area contributed by atoms with Crippen LogP contribution in [0.15, 0.2) is 48.8 Å². The van der Waals surface area contributed by atoms with Crippen LogP contribution in [0.25, 0.3) is 5.69 Å². The Balaban J connectivity index is 1.74. The van der Waals surface area contributed by atoms with Gasteiger partial charge in [-0.3, -0.25) is 0 Å². The molecule has 4 heteroatoms. The van der Waals surface area contributed by atoms with Crippen LogP contribution < -0.4 is 4.57 Å². The second-order valence-electron chi connectivity index (χ2n) is 7.57. The molecule has 0 unspecified atom stereocenters. The van der Waals surface area contributed by atoms with E-state index in [2.05, 4.69) is 78.8 Å². The molecule has 1 aromatic heterocycles. The third kappa shape index (κ3) is 3.61. The van der Waals surface area contributed by atoms with E-state index in [1.54, 1.807) is 0 Å². The molecule has 0 radical (unpaired) electrons. The predicted octanol–water partition coefficient (Wildman–Crippen LogP) is 4.16. The standard InChI is InChI=1S/C24H30N3O/c1-4-18-12-20(5-2)24(21(6-3)13-18)27-17-26-22(15-28-16-23(26)25-27)14-19-10-8-7-9-11-19/h7-13,17,22H,4-6,14-16H2,1-3H3/q+1/t22-/m1/s1. The molecule has 3 aromatic rings. The predicted molar refractivity (Wildman–Crippen MR) is 111 cm³/mol. The molecule has 2 aromatic carbocycles. The number of rotatable bonds is 6. The fraction of sp³-hybridized carbons (Fsp3) is 0.417. The Morgan fingerprint density at radius 3 is 2.36 bits per heavy atom. The van der Waals surface area contributed by atoms with Gasteiger partial charge in [0.25, 0.3) is 0 Å². The number of aryl methyl sites for hydroxylation is 3. The maximum Gasteiger partial charge on any atom is 0.304 e. The Labute approximate surface area is 167 Å². The van der Waals surface area contributed by atoms with Gasteiger partial charge < -0.3 is 4.74 Å². The number of benzene rings is 2. The average Bonchev–Trinajstić information content (AvgIpc) is 3.18. The summed E-state index contributed by atoms with van der Waals surface area (Å²) in [6.07, 6.45) is 6.23. The van der Waals surface area contributed by atoms with E-state index in [0.29, 0.717) is 6.61 Å². The molecule has 0 saturated carbocycles. The second-order valence-corrected chi connectivity index (χ2v) is 7.57. The molecular formula is C24H30N3O+. The molecule has 0 amide bonds. The third-order valence-electron chi connectivity index (χ3n) is 5.73. The minimum Gasteiger partial charge on any atom is -0.367 e. The first-order chi connectivity index (χ1) is 13.7. The van der Waals surface area contributed by atoms with Gasteiger partial charge in [0.1, 0.15) is 18.3 Å². The smallest absolute Gasteiger partial charge is 0.304 e. The summed E-state index contributed by atoms with van der Waals surface area (Å²) < 4.78 is 10.3. The molecular weight excluding hydrogens is 346 g/mol. The number of ether oxygens (including phenoxy) is 1. The van der Waals surface area contributed by atoms with Gasteiger partial charge in [0.05, 0.1) is 6.61 Å². The molecule has 0 bridgehead atoms. The Morgan fingerprint density at radius 2 is 1.71 bits per heavy atom. The van der Waals surface area contributed by atoms with E-state index >= 15 is 0 Å². The van der Waals surface area contributed by atoms with E-state index < -0.39 is 0 Å². The van der Waals surface area contributed by atoms with Gasteiger partial charge in [0, 0.05) is 11.5 Å². The van der Waals surface area contributed by atoms with Crippen LogP contribution in [0.1, 0.15) is 54.9 Å². The Bertz CT molecular complexity index is 921.